The summed E-state index contributed by atoms with van der Waals surface area (Å²) in [6, 6.07) is 0. The molecule has 2 heterocycles. The molecule has 0 amide bonds. The summed E-state index contributed by atoms with van der Waals surface area (Å²) in [5.41, 5.74) is 2.60. The highest BCUT2D eigenvalue weighted by Gasteiger charge is 2.19. The molecule has 1 aromatic rings. The van der Waals surface area contributed by atoms with Crippen molar-refractivity contribution in [3.8, 4) is 0 Å². The first-order valence-corrected chi connectivity index (χ1v) is 8.01. The number of aromatic nitrogens is 2. The maximum absolute atomic E-state index is 11.1. The zero-order valence-corrected chi connectivity index (χ0v) is 13.1. The van der Waals surface area contributed by atoms with E-state index in [2.05, 4.69) is 14.9 Å². The Balaban J connectivity index is 2.36. The lowest BCUT2D eigenvalue weighted by atomic mass is 10.0. The molecule has 116 valence electrons. The number of carbonyl (C=O) groups is 1. The minimum atomic E-state index is -0.814. The van der Waals surface area contributed by atoms with Crippen LogP contribution < -0.4 is 4.90 Å². The highest BCUT2D eigenvalue weighted by Crippen LogP contribution is 2.21. The highest BCUT2D eigenvalue weighted by atomic mass is 16.4. The van der Waals surface area contributed by atoms with Gasteiger partial charge in [-0.1, -0.05) is 26.7 Å². The molecule has 0 radical (unpaired) electrons. The molecule has 1 aromatic heterocycles. The van der Waals surface area contributed by atoms with E-state index < -0.39 is 5.97 Å². The molecule has 1 aliphatic heterocycles. The average Bonchev–Trinajstić information content (AvgIpc) is 2.76. The molecule has 1 N–H and O–H groups in total. The molecule has 1 aliphatic rings. The Hall–Kier alpha value is -1.65. The number of nitrogens with zero attached hydrogens (tertiary/aromatic N) is 3. The van der Waals surface area contributed by atoms with Crippen molar-refractivity contribution in [2.75, 3.05) is 18.0 Å². The van der Waals surface area contributed by atoms with Gasteiger partial charge in [0, 0.05) is 30.0 Å². The summed E-state index contributed by atoms with van der Waals surface area (Å²) in [5.74, 6) is -0.0229. The van der Waals surface area contributed by atoms with Crippen LogP contribution in [0.1, 0.15) is 56.5 Å². The summed E-state index contributed by atoms with van der Waals surface area (Å²) in [7, 11) is 0. The fourth-order valence-corrected chi connectivity index (χ4v) is 2.92. The molecular formula is C16H25N3O2. The van der Waals surface area contributed by atoms with E-state index >= 15 is 0 Å². The highest BCUT2D eigenvalue weighted by molar-refractivity contribution is 5.71. The van der Waals surface area contributed by atoms with Crippen LogP contribution in [0.3, 0.4) is 0 Å². The van der Waals surface area contributed by atoms with Crippen molar-refractivity contribution < 1.29 is 9.90 Å². The predicted molar refractivity (Wildman–Crippen MR) is 82.8 cm³/mol. The first-order valence-electron chi connectivity index (χ1n) is 8.01. The van der Waals surface area contributed by atoms with Crippen molar-refractivity contribution >= 4 is 11.9 Å². The lowest BCUT2D eigenvalue weighted by Gasteiger charge is -2.22. The van der Waals surface area contributed by atoms with Crippen molar-refractivity contribution in [3.05, 3.63) is 17.0 Å². The van der Waals surface area contributed by atoms with Gasteiger partial charge < -0.3 is 10.0 Å². The van der Waals surface area contributed by atoms with Crippen molar-refractivity contribution in [1.82, 2.24) is 9.97 Å². The van der Waals surface area contributed by atoms with Crippen molar-refractivity contribution in [3.63, 3.8) is 0 Å². The molecule has 5 nitrogen and oxygen atoms in total. The molecule has 21 heavy (non-hydrogen) atoms. The van der Waals surface area contributed by atoms with Crippen LogP contribution in [0.4, 0.5) is 5.95 Å². The Morgan fingerprint density at radius 1 is 1.05 bits per heavy atom. The van der Waals surface area contributed by atoms with Gasteiger partial charge in [0.1, 0.15) is 0 Å². The number of hydrogen-bond acceptors (Lipinski definition) is 4. The molecule has 5 heteroatoms. The van der Waals surface area contributed by atoms with E-state index in [0.717, 1.165) is 48.8 Å². The summed E-state index contributed by atoms with van der Waals surface area (Å²) in [4.78, 5) is 22.7. The van der Waals surface area contributed by atoms with Gasteiger partial charge >= 0.3 is 5.97 Å². The first kappa shape index (κ1) is 15.7. The molecule has 1 fully saturated rings. The number of rotatable bonds is 5. The topological polar surface area (TPSA) is 66.3 Å². The lowest BCUT2D eigenvalue weighted by molar-refractivity contribution is -0.136. The zero-order valence-electron chi connectivity index (χ0n) is 13.1. The minimum Gasteiger partial charge on any atom is -0.481 e. The second kappa shape index (κ2) is 7.38. The third-order valence-electron chi connectivity index (χ3n) is 4.05. The Morgan fingerprint density at radius 2 is 1.57 bits per heavy atom. The lowest BCUT2D eigenvalue weighted by Crippen LogP contribution is -2.27. The van der Waals surface area contributed by atoms with Gasteiger partial charge in [-0.25, -0.2) is 9.97 Å². The van der Waals surface area contributed by atoms with Gasteiger partial charge in [0.2, 0.25) is 5.95 Å². The third-order valence-corrected chi connectivity index (χ3v) is 4.05. The van der Waals surface area contributed by atoms with Crippen LogP contribution in [0.15, 0.2) is 0 Å². The van der Waals surface area contributed by atoms with Crippen LogP contribution in [0, 0.1) is 0 Å². The van der Waals surface area contributed by atoms with Crippen molar-refractivity contribution in [2.45, 2.75) is 58.8 Å². The first-order chi connectivity index (χ1) is 10.2. The Labute approximate surface area is 126 Å². The number of hydrogen-bond donors (Lipinski definition) is 1. The fraction of sp³-hybridized carbons (Fsp3) is 0.688. The quantitative estimate of drug-likeness (QED) is 0.903. The summed E-state index contributed by atoms with van der Waals surface area (Å²) >= 11 is 0. The number of aliphatic carboxylic acids is 1. The summed E-state index contributed by atoms with van der Waals surface area (Å²) in [6.07, 6.45) is 6.43. The van der Waals surface area contributed by atoms with Gasteiger partial charge in [-0.15, -0.1) is 0 Å². The summed E-state index contributed by atoms with van der Waals surface area (Å²) in [6.45, 7) is 6.06. The number of anilines is 1. The molecule has 0 aliphatic carbocycles. The van der Waals surface area contributed by atoms with Gasteiger partial charge in [-0.2, -0.15) is 0 Å². The molecule has 0 spiro atoms. The van der Waals surface area contributed by atoms with E-state index in [1.807, 2.05) is 13.8 Å². The van der Waals surface area contributed by atoms with E-state index in [1.165, 1.54) is 25.7 Å². The van der Waals surface area contributed by atoms with E-state index in [9.17, 15) is 4.79 Å². The number of carboxylic acids is 1. The molecular weight excluding hydrogens is 266 g/mol. The zero-order chi connectivity index (χ0) is 15.2. The molecule has 0 bridgehead atoms. The maximum Gasteiger partial charge on any atom is 0.307 e. The van der Waals surface area contributed by atoms with Crippen molar-refractivity contribution in [1.29, 1.82) is 0 Å². The molecule has 0 unspecified atom stereocenters. The minimum absolute atomic E-state index is 0.0205. The van der Waals surface area contributed by atoms with Gasteiger partial charge in [0.15, 0.2) is 0 Å². The second-order valence-corrected chi connectivity index (χ2v) is 5.57. The molecule has 1 saturated heterocycles. The predicted octanol–water partition coefficient (Wildman–Crippen LogP) is 2.61. The van der Waals surface area contributed by atoms with Gasteiger partial charge in [0.25, 0.3) is 0 Å². The van der Waals surface area contributed by atoms with Crippen molar-refractivity contribution in [2.24, 2.45) is 0 Å². The summed E-state index contributed by atoms with van der Waals surface area (Å²) < 4.78 is 0. The standard InChI is InChI=1S/C16H25N3O2/c1-3-13-12(11-15(20)21)14(4-2)18-16(17-13)19-9-7-5-6-8-10-19/h3-11H2,1-2H3,(H,20,21). The Morgan fingerprint density at radius 3 is 2.00 bits per heavy atom. The molecule has 2 rings (SSSR count). The number of aryl methyl sites for hydroxylation is 2. The van der Waals surface area contributed by atoms with Gasteiger partial charge in [0.05, 0.1) is 6.42 Å². The van der Waals surface area contributed by atoms with E-state index in [4.69, 9.17) is 5.11 Å². The van der Waals surface area contributed by atoms with Gasteiger partial charge in [-0.05, 0) is 25.7 Å². The van der Waals surface area contributed by atoms with Gasteiger partial charge in [-0.3, -0.25) is 4.79 Å². The summed E-state index contributed by atoms with van der Waals surface area (Å²) in [5, 5.41) is 9.10. The maximum atomic E-state index is 11.1. The van der Waals surface area contributed by atoms with Crippen LogP contribution in [-0.2, 0) is 24.1 Å². The third kappa shape index (κ3) is 3.93. The fourth-order valence-electron chi connectivity index (χ4n) is 2.92. The normalized spacial score (nSPS) is 15.8. The SMILES string of the molecule is CCc1nc(N2CCCCCC2)nc(CC)c1CC(=O)O. The second-order valence-electron chi connectivity index (χ2n) is 5.57. The molecule has 0 saturated carbocycles. The van der Waals surface area contributed by atoms with Crippen LogP contribution in [-0.4, -0.2) is 34.1 Å². The van der Waals surface area contributed by atoms with E-state index in [-0.39, 0.29) is 6.42 Å². The monoisotopic (exact) mass is 291 g/mol. The van der Waals surface area contributed by atoms with Crippen LogP contribution in [0.2, 0.25) is 0 Å². The Kier molecular flexibility index (Phi) is 5.53. The van der Waals surface area contributed by atoms with Crippen LogP contribution in [0.5, 0.6) is 0 Å². The van der Waals surface area contributed by atoms with E-state index in [1.54, 1.807) is 0 Å². The van der Waals surface area contributed by atoms with Crippen LogP contribution in [0.25, 0.3) is 0 Å². The largest absolute Gasteiger partial charge is 0.481 e. The average molecular weight is 291 g/mol. The molecule has 0 atom stereocenters. The molecule has 0 aromatic carbocycles. The number of carboxylic acid groups (broad SMARTS) is 1. The van der Waals surface area contributed by atoms with E-state index in [0.29, 0.717) is 0 Å². The smallest absolute Gasteiger partial charge is 0.307 e. The van der Waals surface area contributed by atoms with Crippen LogP contribution >= 0.6 is 0 Å². The Bertz CT molecular complexity index is 469.